The molecule has 3 aromatic rings. The van der Waals surface area contributed by atoms with Gasteiger partial charge < -0.3 is 14.7 Å². The number of fused-ring (bicyclic) bond motifs is 1. The fourth-order valence-electron chi connectivity index (χ4n) is 4.74. The van der Waals surface area contributed by atoms with E-state index in [0.717, 1.165) is 24.2 Å². The highest BCUT2D eigenvalue weighted by atomic mass is 16.2. The van der Waals surface area contributed by atoms with E-state index in [1.165, 1.54) is 5.69 Å². The van der Waals surface area contributed by atoms with Crippen LogP contribution in [0.15, 0.2) is 84.9 Å². The lowest BCUT2D eigenvalue weighted by atomic mass is 9.92. The highest BCUT2D eigenvalue weighted by molar-refractivity contribution is 5.98. The van der Waals surface area contributed by atoms with E-state index in [-0.39, 0.29) is 11.8 Å². The van der Waals surface area contributed by atoms with E-state index in [1.54, 1.807) is 4.90 Å². The molecule has 2 aliphatic rings. The van der Waals surface area contributed by atoms with Crippen molar-refractivity contribution in [2.24, 2.45) is 0 Å². The van der Waals surface area contributed by atoms with Crippen LogP contribution in [0.5, 0.6) is 0 Å². The minimum Gasteiger partial charge on any atom is -0.368 e. The SMILES string of the molecule is O=C([C@@H]1Cc2ccccc2CN1C(=O)c1ccccc1)N1CCN(c2ccccc2)CC1. The van der Waals surface area contributed by atoms with Gasteiger partial charge in [0.15, 0.2) is 0 Å². The Bertz CT molecular complexity index is 1090. The van der Waals surface area contributed by atoms with Gasteiger partial charge in [0.25, 0.3) is 5.91 Å². The molecule has 2 aliphatic heterocycles. The highest BCUT2D eigenvalue weighted by Gasteiger charge is 2.38. The molecular weight excluding hydrogens is 398 g/mol. The molecule has 0 radical (unpaired) electrons. The number of nitrogens with zero attached hydrogens (tertiary/aromatic N) is 3. The highest BCUT2D eigenvalue weighted by Crippen LogP contribution is 2.27. The fraction of sp³-hybridized carbons (Fsp3) is 0.259. The molecule has 162 valence electrons. The lowest BCUT2D eigenvalue weighted by Gasteiger charge is -2.42. The molecule has 0 spiro atoms. The molecule has 32 heavy (non-hydrogen) atoms. The van der Waals surface area contributed by atoms with Crippen molar-refractivity contribution in [3.8, 4) is 0 Å². The Kier molecular flexibility index (Phi) is 5.63. The van der Waals surface area contributed by atoms with Crippen molar-refractivity contribution < 1.29 is 9.59 Å². The summed E-state index contributed by atoms with van der Waals surface area (Å²) in [4.78, 5) is 33.1. The van der Waals surface area contributed by atoms with Gasteiger partial charge in [-0.1, -0.05) is 60.7 Å². The molecule has 3 aromatic carbocycles. The van der Waals surface area contributed by atoms with Gasteiger partial charge in [0.2, 0.25) is 5.91 Å². The van der Waals surface area contributed by atoms with Crippen molar-refractivity contribution in [3.63, 3.8) is 0 Å². The Morgan fingerprint density at radius 2 is 1.28 bits per heavy atom. The number of hydrogen-bond donors (Lipinski definition) is 0. The molecule has 1 fully saturated rings. The lowest BCUT2D eigenvalue weighted by molar-refractivity contribution is -0.137. The molecule has 1 saturated heterocycles. The monoisotopic (exact) mass is 425 g/mol. The minimum absolute atomic E-state index is 0.0523. The minimum atomic E-state index is -0.471. The van der Waals surface area contributed by atoms with Crippen LogP contribution >= 0.6 is 0 Å². The number of anilines is 1. The third kappa shape index (κ3) is 3.98. The summed E-state index contributed by atoms with van der Waals surface area (Å²) < 4.78 is 0. The molecule has 0 bridgehead atoms. The maximum atomic E-state index is 13.7. The number of carbonyl (C=O) groups excluding carboxylic acids is 2. The van der Waals surface area contributed by atoms with Crippen LogP contribution in [0.1, 0.15) is 21.5 Å². The van der Waals surface area contributed by atoms with Gasteiger partial charge in [0.1, 0.15) is 6.04 Å². The van der Waals surface area contributed by atoms with Crippen LogP contribution in [0.25, 0.3) is 0 Å². The standard InChI is InChI=1S/C27H27N3O2/c31-26(21-9-3-1-4-10-21)30-20-23-12-8-7-11-22(23)19-25(30)27(32)29-17-15-28(16-18-29)24-13-5-2-6-14-24/h1-14,25H,15-20H2/t25-/m0/s1. The van der Waals surface area contributed by atoms with Crippen molar-refractivity contribution in [3.05, 3.63) is 102 Å². The Morgan fingerprint density at radius 3 is 1.97 bits per heavy atom. The van der Waals surface area contributed by atoms with Gasteiger partial charge in [0, 0.05) is 50.4 Å². The number of piperazine rings is 1. The van der Waals surface area contributed by atoms with Crippen LogP contribution in [-0.4, -0.2) is 53.8 Å². The maximum absolute atomic E-state index is 13.7. The van der Waals surface area contributed by atoms with Crippen LogP contribution in [0.3, 0.4) is 0 Å². The summed E-state index contributed by atoms with van der Waals surface area (Å²) in [6, 6.07) is 27.3. The molecule has 2 amide bonds. The Morgan fingerprint density at radius 1 is 0.688 bits per heavy atom. The van der Waals surface area contributed by atoms with Crippen LogP contribution < -0.4 is 4.90 Å². The first-order valence-electron chi connectivity index (χ1n) is 11.2. The van der Waals surface area contributed by atoms with E-state index < -0.39 is 6.04 Å². The maximum Gasteiger partial charge on any atom is 0.254 e. The first-order valence-corrected chi connectivity index (χ1v) is 11.2. The molecule has 0 saturated carbocycles. The van der Waals surface area contributed by atoms with Crippen LogP contribution in [0.2, 0.25) is 0 Å². The van der Waals surface area contributed by atoms with E-state index in [4.69, 9.17) is 0 Å². The second-order valence-corrected chi connectivity index (χ2v) is 8.44. The third-order valence-corrected chi connectivity index (χ3v) is 6.53. The largest absolute Gasteiger partial charge is 0.368 e. The van der Waals surface area contributed by atoms with E-state index in [0.29, 0.717) is 31.6 Å². The number of benzene rings is 3. The molecule has 0 aromatic heterocycles. The van der Waals surface area contributed by atoms with Crippen LogP contribution in [0, 0.1) is 0 Å². The van der Waals surface area contributed by atoms with Gasteiger partial charge in [-0.2, -0.15) is 0 Å². The summed E-state index contributed by atoms with van der Waals surface area (Å²) in [5, 5.41) is 0. The number of amides is 2. The van der Waals surface area contributed by atoms with E-state index in [9.17, 15) is 9.59 Å². The Balaban J connectivity index is 1.36. The molecule has 1 atom stereocenters. The molecule has 5 heteroatoms. The predicted molar refractivity (Wildman–Crippen MR) is 125 cm³/mol. The van der Waals surface area contributed by atoms with E-state index >= 15 is 0 Å². The number of hydrogen-bond acceptors (Lipinski definition) is 3. The summed E-state index contributed by atoms with van der Waals surface area (Å²) >= 11 is 0. The molecule has 5 rings (SSSR count). The zero-order valence-electron chi connectivity index (χ0n) is 18.1. The third-order valence-electron chi connectivity index (χ3n) is 6.53. The van der Waals surface area contributed by atoms with Gasteiger partial charge in [-0.25, -0.2) is 0 Å². The Hall–Kier alpha value is -3.60. The van der Waals surface area contributed by atoms with E-state index in [1.807, 2.05) is 65.6 Å². The smallest absolute Gasteiger partial charge is 0.254 e. The van der Waals surface area contributed by atoms with Crippen molar-refractivity contribution in [1.29, 1.82) is 0 Å². The molecular formula is C27H27N3O2. The number of para-hydroxylation sites is 1. The quantitative estimate of drug-likeness (QED) is 0.644. The Labute approximate surface area is 188 Å². The fourth-order valence-corrected chi connectivity index (χ4v) is 4.74. The van der Waals surface area contributed by atoms with Gasteiger partial charge in [0.05, 0.1) is 0 Å². The summed E-state index contributed by atoms with van der Waals surface area (Å²) in [5.41, 5.74) is 4.09. The normalized spacial score (nSPS) is 18.2. The summed E-state index contributed by atoms with van der Waals surface area (Å²) in [6.07, 6.45) is 0.562. The zero-order chi connectivity index (χ0) is 21.9. The van der Waals surface area contributed by atoms with Gasteiger partial charge in [-0.3, -0.25) is 9.59 Å². The number of carbonyl (C=O) groups is 2. The van der Waals surface area contributed by atoms with Crippen LogP contribution in [0.4, 0.5) is 5.69 Å². The van der Waals surface area contributed by atoms with Crippen molar-refractivity contribution in [2.75, 3.05) is 31.1 Å². The van der Waals surface area contributed by atoms with Gasteiger partial charge in [-0.15, -0.1) is 0 Å². The van der Waals surface area contributed by atoms with E-state index in [2.05, 4.69) is 29.2 Å². The molecule has 0 aliphatic carbocycles. The van der Waals surface area contributed by atoms with Gasteiger partial charge in [-0.05, 0) is 35.4 Å². The van der Waals surface area contributed by atoms with Crippen molar-refractivity contribution >= 4 is 17.5 Å². The number of rotatable bonds is 3. The second kappa shape index (κ2) is 8.87. The summed E-state index contributed by atoms with van der Waals surface area (Å²) in [6.45, 7) is 3.39. The second-order valence-electron chi connectivity index (χ2n) is 8.44. The summed E-state index contributed by atoms with van der Waals surface area (Å²) in [5.74, 6) is -0.0297. The molecule has 0 N–H and O–H groups in total. The van der Waals surface area contributed by atoms with Gasteiger partial charge >= 0.3 is 0 Å². The topological polar surface area (TPSA) is 43.9 Å². The molecule has 5 nitrogen and oxygen atoms in total. The lowest BCUT2D eigenvalue weighted by Crippen LogP contribution is -2.57. The average Bonchev–Trinajstić information content (AvgIpc) is 2.88. The first-order chi connectivity index (χ1) is 15.7. The first kappa shape index (κ1) is 20.3. The predicted octanol–water partition coefficient (Wildman–Crippen LogP) is 3.60. The molecule has 0 unspecified atom stereocenters. The zero-order valence-corrected chi connectivity index (χ0v) is 18.1. The average molecular weight is 426 g/mol. The summed E-state index contributed by atoms with van der Waals surface area (Å²) in [7, 11) is 0. The van der Waals surface area contributed by atoms with Crippen molar-refractivity contribution in [1.82, 2.24) is 9.80 Å². The van der Waals surface area contributed by atoms with Crippen molar-refractivity contribution in [2.45, 2.75) is 19.0 Å². The molecule has 2 heterocycles. The van der Waals surface area contributed by atoms with Crippen LogP contribution in [-0.2, 0) is 17.8 Å².